The number of thiophene rings is 1. The van der Waals surface area contributed by atoms with E-state index in [1.165, 1.54) is 11.3 Å². The predicted octanol–water partition coefficient (Wildman–Crippen LogP) is 3.75. The van der Waals surface area contributed by atoms with Crippen LogP contribution in [0.1, 0.15) is 47.9 Å². The van der Waals surface area contributed by atoms with Gasteiger partial charge in [0.1, 0.15) is 11.7 Å². The first-order valence-corrected chi connectivity index (χ1v) is 12.3. The zero-order valence-corrected chi connectivity index (χ0v) is 20.1. The highest BCUT2D eigenvalue weighted by Crippen LogP contribution is 2.34. The summed E-state index contributed by atoms with van der Waals surface area (Å²) in [7, 11) is 0. The monoisotopic (exact) mass is 466 g/mol. The largest absolute Gasteiger partial charge is 0.350 e. The third kappa shape index (κ3) is 4.70. The zero-order chi connectivity index (χ0) is 22.9. The van der Waals surface area contributed by atoms with Crippen LogP contribution < -0.4 is 5.32 Å². The first-order chi connectivity index (χ1) is 15.3. The smallest absolute Gasteiger partial charge is 0.273 e. The number of amides is 2. The molecule has 3 heterocycles. The van der Waals surface area contributed by atoms with Gasteiger partial charge in [0, 0.05) is 41.8 Å². The van der Waals surface area contributed by atoms with Crippen LogP contribution in [-0.4, -0.2) is 58.3 Å². The van der Waals surface area contributed by atoms with Gasteiger partial charge in [-0.05, 0) is 49.1 Å². The normalized spacial score (nSPS) is 16.0. The fourth-order valence-corrected chi connectivity index (χ4v) is 5.51. The molecule has 1 unspecified atom stereocenters. The lowest BCUT2D eigenvalue weighted by atomic mass is 10.0. The van der Waals surface area contributed by atoms with E-state index in [9.17, 15) is 9.59 Å². The van der Waals surface area contributed by atoms with Crippen molar-refractivity contribution in [2.24, 2.45) is 0 Å². The minimum atomic E-state index is -0.407. The van der Waals surface area contributed by atoms with Crippen molar-refractivity contribution in [1.82, 2.24) is 20.1 Å². The number of carbonyl (C=O) groups excluding carboxylic acids is 2. The van der Waals surface area contributed by atoms with Gasteiger partial charge in [-0.1, -0.05) is 18.2 Å². The van der Waals surface area contributed by atoms with Crippen molar-refractivity contribution in [2.75, 3.05) is 26.2 Å². The van der Waals surface area contributed by atoms with Crippen LogP contribution in [0.25, 0.3) is 10.1 Å². The summed E-state index contributed by atoms with van der Waals surface area (Å²) >= 11 is 2.95. The highest BCUT2D eigenvalue weighted by molar-refractivity contribution is 7.17. The SMILES string of the molecule is C#Cc1nc(C(=O)N2CCN(C(C(=O)NC(C)(C)C)c3csc4ccccc34)CC2)cs1. The molecule has 1 aliphatic heterocycles. The number of nitrogens with one attached hydrogen (secondary N) is 1. The number of hydrogen-bond donors (Lipinski definition) is 1. The molecule has 3 aromatic rings. The van der Waals surface area contributed by atoms with Gasteiger partial charge in [0.15, 0.2) is 5.01 Å². The second-order valence-corrected chi connectivity index (χ2v) is 10.6. The number of rotatable bonds is 4. The molecule has 6 nitrogen and oxygen atoms in total. The van der Waals surface area contributed by atoms with Crippen LogP contribution in [0.4, 0.5) is 0 Å². The molecule has 4 rings (SSSR count). The van der Waals surface area contributed by atoms with Crippen molar-refractivity contribution in [3.63, 3.8) is 0 Å². The maximum absolute atomic E-state index is 13.4. The minimum absolute atomic E-state index is 0.0148. The highest BCUT2D eigenvalue weighted by atomic mass is 32.1. The van der Waals surface area contributed by atoms with Crippen LogP contribution in [0.15, 0.2) is 35.0 Å². The van der Waals surface area contributed by atoms with E-state index in [0.29, 0.717) is 36.9 Å². The lowest BCUT2D eigenvalue weighted by Gasteiger charge is -2.39. The van der Waals surface area contributed by atoms with Gasteiger partial charge in [-0.15, -0.1) is 29.1 Å². The summed E-state index contributed by atoms with van der Waals surface area (Å²) in [6.07, 6.45) is 5.38. The molecule has 1 aromatic carbocycles. The van der Waals surface area contributed by atoms with Gasteiger partial charge in [-0.3, -0.25) is 14.5 Å². The number of benzene rings is 1. The van der Waals surface area contributed by atoms with E-state index >= 15 is 0 Å². The molecule has 1 aliphatic rings. The van der Waals surface area contributed by atoms with Crippen molar-refractivity contribution >= 4 is 44.6 Å². The molecule has 0 aliphatic carbocycles. The summed E-state index contributed by atoms with van der Waals surface area (Å²) in [5.74, 6) is 2.35. The van der Waals surface area contributed by atoms with Crippen molar-refractivity contribution in [3.8, 4) is 12.3 Å². The summed E-state index contributed by atoms with van der Waals surface area (Å²) in [5, 5.41) is 8.57. The molecular weight excluding hydrogens is 440 g/mol. The lowest BCUT2D eigenvalue weighted by Crippen LogP contribution is -2.54. The third-order valence-corrected chi connectivity index (χ3v) is 7.12. The van der Waals surface area contributed by atoms with E-state index in [2.05, 4.69) is 38.6 Å². The molecule has 1 fully saturated rings. The Hall–Kier alpha value is -2.73. The Morgan fingerprint density at radius 3 is 2.50 bits per heavy atom. The summed E-state index contributed by atoms with van der Waals surface area (Å²) in [5.41, 5.74) is 1.07. The Morgan fingerprint density at radius 2 is 1.84 bits per heavy atom. The van der Waals surface area contributed by atoms with Crippen LogP contribution in [0.2, 0.25) is 0 Å². The number of carbonyl (C=O) groups is 2. The standard InChI is InChI=1S/C24H26N4O2S2/c1-5-20-25-18(15-32-20)23(30)28-12-10-27(11-13-28)21(22(29)26-24(2,3)4)17-14-31-19-9-7-6-8-16(17)19/h1,6-9,14-15,21H,10-13H2,2-4H3,(H,26,29). The van der Waals surface area contributed by atoms with E-state index in [1.54, 1.807) is 21.6 Å². The molecule has 0 bridgehead atoms. The third-order valence-electron chi connectivity index (χ3n) is 5.37. The van der Waals surface area contributed by atoms with E-state index in [4.69, 9.17) is 6.42 Å². The second kappa shape index (κ2) is 9.02. The molecule has 1 atom stereocenters. The molecule has 2 aromatic heterocycles. The van der Waals surface area contributed by atoms with Crippen LogP contribution in [0.3, 0.4) is 0 Å². The van der Waals surface area contributed by atoms with Gasteiger partial charge in [0.05, 0.1) is 0 Å². The molecule has 1 saturated heterocycles. The van der Waals surface area contributed by atoms with Crippen LogP contribution in [0.5, 0.6) is 0 Å². The number of nitrogens with zero attached hydrogens (tertiary/aromatic N) is 3. The summed E-state index contributed by atoms with van der Waals surface area (Å²) in [4.78, 5) is 34.4. The molecule has 32 heavy (non-hydrogen) atoms. The quantitative estimate of drug-likeness (QED) is 0.595. The molecule has 0 saturated carbocycles. The Labute approximate surface area is 196 Å². The van der Waals surface area contributed by atoms with Crippen molar-refractivity contribution in [1.29, 1.82) is 0 Å². The van der Waals surface area contributed by atoms with Crippen molar-refractivity contribution < 1.29 is 9.59 Å². The Kier molecular flexibility index (Phi) is 6.33. The molecule has 166 valence electrons. The Balaban J connectivity index is 1.55. The molecule has 8 heteroatoms. The Morgan fingerprint density at radius 1 is 1.12 bits per heavy atom. The molecule has 1 N–H and O–H groups in total. The number of aromatic nitrogens is 1. The lowest BCUT2D eigenvalue weighted by molar-refractivity contribution is -0.128. The molecule has 0 spiro atoms. The van der Waals surface area contributed by atoms with Crippen molar-refractivity contribution in [3.05, 3.63) is 51.3 Å². The van der Waals surface area contributed by atoms with Gasteiger partial charge in [0.25, 0.3) is 5.91 Å². The predicted molar refractivity (Wildman–Crippen MR) is 130 cm³/mol. The average molecular weight is 467 g/mol. The van der Waals surface area contributed by atoms with Crippen LogP contribution in [0, 0.1) is 12.3 Å². The van der Waals surface area contributed by atoms with E-state index in [1.807, 2.05) is 32.9 Å². The number of hydrogen-bond acceptors (Lipinski definition) is 6. The van der Waals surface area contributed by atoms with Gasteiger partial charge < -0.3 is 10.2 Å². The molecule has 2 amide bonds. The van der Waals surface area contributed by atoms with Gasteiger partial charge in [0.2, 0.25) is 5.91 Å². The van der Waals surface area contributed by atoms with Crippen LogP contribution >= 0.6 is 22.7 Å². The maximum atomic E-state index is 13.4. The number of thiazole rings is 1. The molecular formula is C24H26N4O2S2. The van der Waals surface area contributed by atoms with Crippen LogP contribution in [-0.2, 0) is 4.79 Å². The fraction of sp³-hybridized carbons (Fsp3) is 0.375. The highest BCUT2D eigenvalue weighted by Gasteiger charge is 2.35. The first kappa shape index (κ1) is 22.5. The van der Waals surface area contributed by atoms with Gasteiger partial charge >= 0.3 is 0 Å². The van der Waals surface area contributed by atoms with E-state index in [-0.39, 0.29) is 17.4 Å². The summed E-state index contributed by atoms with van der Waals surface area (Å²) in [6, 6.07) is 7.77. The number of terminal acetylenes is 1. The fourth-order valence-electron chi connectivity index (χ4n) is 3.94. The van der Waals surface area contributed by atoms with Gasteiger partial charge in [-0.2, -0.15) is 0 Å². The summed E-state index contributed by atoms with van der Waals surface area (Å²) < 4.78 is 1.16. The molecule has 0 radical (unpaired) electrons. The van der Waals surface area contributed by atoms with E-state index < -0.39 is 6.04 Å². The Bertz CT molecular complexity index is 1180. The minimum Gasteiger partial charge on any atom is -0.350 e. The summed E-state index contributed by atoms with van der Waals surface area (Å²) in [6.45, 7) is 8.23. The van der Waals surface area contributed by atoms with Gasteiger partial charge in [-0.25, -0.2) is 4.98 Å². The topological polar surface area (TPSA) is 65.5 Å². The van der Waals surface area contributed by atoms with Crippen molar-refractivity contribution in [2.45, 2.75) is 32.4 Å². The first-order valence-electron chi connectivity index (χ1n) is 10.5. The number of piperazine rings is 1. The van der Waals surface area contributed by atoms with E-state index in [0.717, 1.165) is 15.6 Å². The number of fused-ring (bicyclic) bond motifs is 1. The zero-order valence-electron chi connectivity index (χ0n) is 18.4. The maximum Gasteiger partial charge on any atom is 0.273 e. The average Bonchev–Trinajstić information content (AvgIpc) is 3.40. The second-order valence-electron chi connectivity index (χ2n) is 8.84.